The predicted molar refractivity (Wildman–Crippen MR) is 89.4 cm³/mol. The first kappa shape index (κ1) is 16.3. The van der Waals surface area contributed by atoms with Gasteiger partial charge < -0.3 is 15.6 Å². The van der Waals surface area contributed by atoms with Gasteiger partial charge in [0, 0.05) is 30.3 Å². The summed E-state index contributed by atoms with van der Waals surface area (Å²) in [7, 11) is 0. The zero-order valence-corrected chi connectivity index (χ0v) is 13.2. The molecule has 0 spiro atoms. The van der Waals surface area contributed by atoms with Crippen LogP contribution in [0.15, 0.2) is 53.2 Å². The summed E-state index contributed by atoms with van der Waals surface area (Å²) in [5, 5.41) is 6.54. The minimum absolute atomic E-state index is 0.157. The molecule has 2 heterocycles. The van der Waals surface area contributed by atoms with E-state index in [-0.39, 0.29) is 12.3 Å². The number of benzene rings is 1. The van der Waals surface area contributed by atoms with Crippen molar-refractivity contribution in [3.05, 3.63) is 60.1 Å². The molecule has 3 N–H and O–H groups in total. The van der Waals surface area contributed by atoms with E-state index in [0.29, 0.717) is 35.1 Å². The first-order valence-electron chi connectivity index (χ1n) is 7.55. The first-order valence-corrected chi connectivity index (χ1v) is 7.55. The Kier molecular flexibility index (Phi) is 4.79. The molecule has 0 saturated carbocycles. The molecule has 0 unspecified atom stereocenters. The van der Waals surface area contributed by atoms with E-state index in [1.807, 2.05) is 6.07 Å². The van der Waals surface area contributed by atoms with Crippen LogP contribution in [0, 0.1) is 0 Å². The van der Waals surface area contributed by atoms with Crippen LogP contribution < -0.4 is 11.1 Å². The lowest BCUT2D eigenvalue weighted by molar-refractivity contribution is -0.116. The van der Waals surface area contributed by atoms with E-state index in [1.54, 1.807) is 36.5 Å². The smallest absolute Gasteiger partial charge is 0.248 e. The Bertz CT molecular complexity index is 892. The largest absolute Gasteiger partial charge is 0.366 e. The summed E-state index contributed by atoms with van der Waals surface area (Å²) in [4.78, 5) is 31.5. The number of aryl methyl sites for hydroxylation is 1. The molecule has 0 saturated heterocycles. The fourth-order valence-electron chi connectivity index (χ4n) is 2.15. The molecule has 25 heavy (non-hydrogen) atoms. The second kappa shape index (κ2) is 7.35. The van der Waals surface area contributed by atoms with Gasteiger partial charge in [-0.3, -0.25) is 14.6 Å². The van der Waals surface area contributed by atoms with Gasteiger partial charge in [0.05, 0.1) is 0 Å². The number of nitrogens with one attached hydrogen (secondary N) is 1. The maximum absolute atomic E-state index is 12.0. The van der Waals surface area contributed by atoms with Crippen molar-refractivity contribution >= 4 is 17.5 Å². The lowest BCUT2D eigenvalue weighted by atomic mass is 10.2. The molecule has 2 aromatic heterocycles. The van der Waals surface area contributed by atoms with Crippen LogP contribution in [0.4, 0.5) is 5.69 Å². The minimum Gasteiger partial charge on any atom is -0.366 e. The summed E-state index contributed by atoms with van der Waals surface area (Å²) in [6, 6.07) is 11.8. The highest BCUT2D eigenvalue weighted by Gasteiger charge is 2.12. The number of rotatable bonds is 6. The van der Waals surface area contributed by atoms with Gasteiger partial charge in [-0.1, -0.05) is 17.3 Å². The van der Waals surface area contributed by atoms with Crippen molar-refractivity contribution < 1.29 is 14.1 Å². The van der Waals surface area contributed by atoms with Crippen molar-refractivity contribution in [2.24, 2.45) is 5.73 Å². The number of carbonyl (C=O) groups excluding carboxylic acids is 2. The van der Waals surface area contributed by atoms with Gasteiger partial charge >= 0.3 is 0 Å². The van der Waals surface area contributed by atoms with Crippen molar-refractivity contribution in [1.29, 1.82) is 0 Å². The molecule has 3 rings (SSSR count). The molecule has 0 atom stereocenters. The number of carbonyl (C=O) groups is 2. The number of hydrogen-bond donors (Lipinski definition) is 2. The van der Waals surface area contributed by atoms with E-state index in [2.05, 4.69) is 20.4 Å². The van der Waals surface area contributed by atoms with Crippen molar-refractivity contribution in [3.63, 3.8) is 0 Å². The van der Waals surface area contributed by atoms with Crippen LogP contribution in [0.3, 0.4) is 0 Å². The molecule has 8 nitrogen and oxygen atoms in total. The fraction of sp³-hybridized carbons (Fsp3) is 0.118. The second-order valence-electron chi connectivity index (χ2n) is 5.22. The molecular formula is C17H15N5O3. The van der Waals surface area contributed by atoms with Gasteiger partial charge in [0.1, 0.15) is 5.69 Å². The van der Waals surface area contributed by atoms with Crippen LogP contribution in [0.2, 0.25) is 0 Å². The van der Waals surface area contributed by atoms with E-state index < -0.39 is 5.91 Å². The van der Waals surface area contributed by atoms with Crippen LogP contribution in [-0.2, 0) is 11.2 Å². The fourth-order valence-corrected chi connectivity index (χ4v) is 2.15. The average molecular weight is 337 g/mol. The highest BCUT2D eigenvalue weighted by atomic mass is 16.5. The number of amides is 2. The zero-order chi connectivity index (χ0) is 17.6. The van der Waals surface area contributed by atoms with E-state index in [1.165, 1.54) is 6.07 Å². The molecule has 1 aromatic carbocycles. The number of anilines is 1. The third kappa shape index (κ3) is 4.25. The van der Waals surface area contributed by atoms with Crippen molar-refractivity contribution in [2.45, 2.75) is 12.8 Å². The SMILES string of the molecule is NC(=O)c1cccc(NC(=O)CCc2nc(-c3ccccn3)no2)c1. The Morgan fingerprint density at radius 1 is 1.16 bits per heavy atom. The molecule has 3 aromatic rings. The molecule has 0 aliphatic carbocycles. The summed E-state index contributed by atoms with van der Waals surface area (Å²) in [5.74, 6) is -0.0601. The van der Waals surface area contributed by atoms with E-state index in [0.717, 1.165) is 0 Å². The topological polar surface area (TPSA) is 124 Å². The zero-order valence-electron chi connectivity index (χ0n) is 13.2. The normalized spacial score (nSPS) is 10.4. The Morgan fingerprint density at radius 2 is 2.04 bits per heavy atom. The summed E-state index contributed by atoms with van der Waals surface area (Å²) in [6.07, 6.45) is 2.09. The van der Waals surface area contributed by atoms with Gasteiger partial charge in [-0.15, -0.1) is 0 Å². The molecule has 0 bridgehead atoms. The molecule has 0 fully saturated rings. The molecule has 126 valence electrons. The van der Waals surface area contributed by atoms with Crippen LogP contribution in [0.25, 0.3) is 11.5 Å². The van der Waals surface area contributed by atoms with Crippen LogP contribution in [0.5, 0.6) is 0 Å². The number of nitrogens with zero attached hydrogens (tertiary/aromatic N) is 3. The number of aromatic nitrogens is 3. The van der Waals surface area contributed by atoms with E-state index in [9.17, 15) is 9.59 Å². The standard InChI is InChI=1S/C17H15N5O3/c18-16(24)11-4-3-5-12(10-11)20-14(23)7-8-15-21-17(22-25-15)13-6-1-2-9-19-13/h1-6,9-10H,7-8H2,(H2,18,24)(H,20,23). The molecule has 2 amide bonds. The van der Waals surface area contributed by atoms with Gasteiger partial charge in [0.15, 0.2) is 0 Å². The molecular weight excluding hydrogens is 322 g/mol. The monoisotopic (exact) mass is 337 g/mol. The summed E-state index contributed by atoms with van der Waals surface area (Å²) >= 11 is 0. The lowest BCUT2D eigenvalue weighted by Crippen LogP contribution is -2.14. The van der Waals surface area contributed by atoms with Gasteiger partial charge in [-0.2, -0.15) is 4.98 Å². The predicted octanol–water partition coefficient (Wildman–Crippen LogP) is 1.80. The Hall–Kier alpha value is -3.55. The van der Waals surface area contributed by atoms with Gasteiger partial charge in [-0.25, -0.2) is 0 Å². The highest BCUT2D eigenvalue weighted by molar-refractivity contribution is 5.96. The average Bonchev–Trinajstić information content (AvgIpc) is 3.10. The number of nitrogens with two attached hydrogens (primary N) is 1. The van der Waals surface area contributed by atoms with Crippen LogP contribution in [0.1, 0.15) is 22.7 Å². The second-order valence-corrected chi connectivity index (χ2v) is 5.22. The quantitative estimate of drug-likeness (QED) is 0.707. The summed E-state index contributed by atoms with van der Waals surface area (Å²) in [5.41, 5.74) is 6.65. The highest BCUT2D eigenvalue weighted by Crippen LogP contribution is 2.14. The Balaban J connectivity index is 1.57. The van der Waals surface area contributed by atoms with Crippen LogP contribution in [-0.4, -0.2) is 26.9 Å². The van der Waals surface area contributed by atoms with Crippen molar-refractivity contribution in [2.75, 3.05) is 5.32 Å². The summed E-state index contributed by atoms with van der Waals surface area (Å²) in [6.45, 7) is 0. The number of pyridine rings is 1. The maximum Gasteiger partial charge on any atom is 0.248 e. The Labute approximate surface area is 143 Å². The molecule has 8 heteroatoms. The maximum atomic E-state index is 12.0. The lowest BCUT2D eigenvalue weighted by Gasteiger charge is -2.05. The van der Waals surface area contributed by atoms with Crippen LogP contribution >= 0.6 is 0 Å². The molecule has 0 aliphatic heterocycles. The minimum atomic E-state index is -0.552. The first-order chi connectivity index (χ1) is 12.1. The van der Waals surface area contributed by atoms with Gasteiger partial charge in [-0.05, 0) is 30.3 Å². The van der Waals surface area contributed by atoms with E-state index in [4.69, 9.17) is 10.3 Å². The Morgan fingerprint density at radius 3 is 2.80 bits per heavy atom. The van der Waals surface area contributed by atoms with E-state index >= 15 is 0 Å². The van der Waals surface area contributed by atoms with Gasteiger partial charge in [0.2, 0.25) is 23.5 Å². The number of primary amides is 1. The summed E-state index contributed by atoms with van der Waals surface area (Å²) < 4.78 is 5.13. The third-order valence-corrected chi connectivity index (χ3v) is 3.36. The van der Waals surface area contributed by atoms with Crippen molar-refractivity contribution in [3.8, 4) is 11.5 Å². The van der Waals surface area contributed by atoms with Gasteiger partial charge in [0.25, 0.3) is 0 Å². The molecule has 0 radical (unpaired) electrons. The van der Waals surface area contributed by atoms with Crippen molar-refractivity contribution in [1.82, 2.24) is 15.1 Å². The third-order valence-electron chi connectivity index (χ3n) is 3.36. The number of hydrogen-bond acceptors (Lipinski definition) is 6. The molecule has 0 aliphatic rings.